The molecule has 0 heterocycles. The molecule has 0 aliphatic rings. The molecule has 0 aromatic heterocycles. The Morgan fingerprint density at radius 2 is 2.00 bits per heavy atom. The van der Waals surface area contributed by atoms with Crippen LogP contribution in [0, 0.1) is 12.7 Å². The number of hydrogen-bond acceptors (Lipinski definition) is 3. The van der Waals surface area contributed by atoms with Gasteiger partial charge in [0.1, 0.15) is 12.4 Å². The van der Waals surface area contributed by atoms with Crippen molar-refractivity contribution in [3.05, 3.63) is 35.1 Å². The van der Waals surface area contributed by atoms with Gasteiger partial charge in [0.15, 0.2) is 0 Å². The molecule has 1 rings (SSSR count). The van der Waals surface area contributed by atoms with Gasteiger partial charge in [-0.15, -0.1) is 0 Å². The monoisotopic (exact) mass is 281 g/mol. The lowest BCUT2D eigenvalue weighted by Gasteiger charge is -2.21. The molecule has 0 spiro atoms. The molecule has 20 heavy (non-hydrogen) atoms. The summed E-state index contributed by atoms with van der Waals surface area (Å²) < 4.78 is 18.1. The second-order valence-electron chi connectivity index (χ2n) is 4.50. The number of ether oxygens (including phenoxy) is 1. The van der Waals surface area contributed by atoms with E-state index in [2.05, 4.69) is 0 Å². The molecule has 0 fully saturated rings. The Morgan fingerprint density at radius 3 is 2.55 bits per heavy atom. The van der Waals surface area contributed by atoms with Gasteiger partial charge < -0.3 is 9.64 Å². The zero-order chi connectivity index (χ0) is 15.1. The van der Waals surface area contributed by atoms with E-state index in [0.29, 0.717) is 17.7 Å². The summed E-state index contributed by atoms with van der Waals surface area (Å²) in [6.45, 7) is 5.88. The predicted octanol–water partition coefficient (Wildman–Crippen LogP) is 2.55. The van der Waals surface area contributed by atoms with Crippen LogP contribution < -0.4 is 0 Å². The fraction of sp³-hybridized carbons (Fsp3) is 0.467. The van der Waals surface area contributed by atoms with Crippen molar-refractivity contribution in [2.75, 3.05) is 19.7 Å². The standard InChI is InChI=1S/C15H20FNO3/c1-4-8-17(10-14(18)20-5-2)15(19)12-6-7-13(16)11(3)9-12/h6-7,9H,4-5,8,10H2,1-3H3. The van der Waals surface area contributed by atoms with Gasteiger partial charge >= 0.3 is 5.97 Å². The smallest absolute Gasteiger partial charge is 0.325 e. The van der Waals surface area contributed by atoms with Crippen LogP contribution in [0.4, 0.5) is 4.39 Å². The minimum Gasteiger partial charge on any atom is -0.465 e. The Hall–Kier alpha value is -1.91. The first-order chi connectivity index (χ1) is 9.49. The van der Waals surface area contributed by atoms with Crippen LogP contribution in [0.2, 0.25) is 0 Å². The largest absolute Gasteiger partial charge is 0.465 e. The molecule has 0 aliphatic heterocycles. The number of rotatable bonds is 6. The van der Waals surface area contributed by atoms with E-state index >= 15 is 0 Å². The third-order valence-electron chi connectivity index (χ3n) is 2.81. The second-order valence-corrected chi connectivity index (χ2v) is 4.50. The van der Waals surface area contributed by atoms with Crippen molar-refractivity contribution in [3.8, 4) is 0 Å². The molecule has 0 saturated heterocycles. The van der Waals surface area contributed by atoms with Gasteiger partial charge in [0.2, 0.25) is 0 Å². The maximum atomic E-state index is 13.2. The molecular formula is C15H20FNO3. The fourth-order valence-electron chi connectivity index (χ4n) is 1.85. The van der Waals surface area contributed by atoms with Gasteiger partial charge in [-0.05, 0) is 44.0 Å². The lowest BCUT2D eigenvalue weighted by molar-refractivity contribution is -0.143. The minimum absolute atomic E-state index is 0.0864. The molecule has 0 saturated carbocycles. The van der Waals surface area contributed by atoms with Gasteiger partial charge in [0, 0.05) is 12.1 Å². The summed E-state index contributed by atoms with van der Waals surface area (Å²) in [6, 6.07) is 4.18. The quantitative estimate of drug-likeness (QED) is 0.753. The zero-order valence-electron chi connectivity index (χ0n) is 12.1. The van der Waals surface area contributed by atoms with Gasteiger partial charge in [0.25, 0.3) is 5.91 Å². The first-order valence-corrected chi connectivity index (χ1v) is 6.70. The first kappa shape index (κ1) is 16.1. The molecule has 0 atom stereocenters. The average Bonchev–Trinajstić information content (AvgIpc) is 2.41. The van der Waals surface area contributed by atoms with Crippen LogP contribution in [0.1, 0.15) is 36.2 Å². The summed E-state index contributed by atoms with van der Waals surface area (Å²) in [5, 5.41) is 0. The van der Waals surface area contributed by atoms with E-state index in [1.54, 1.807) is 13.8 Å². The molecule has 0 bridgehead atoms. The van der Waals surface area contributed by atoms with Crippen LogP contribution in [0.5, 0.6) is 0 Å². The van der Waals surface area contributed by atoms with Crippen molar-refractivity contribution in [1.29, 1.82) is 0 Å². The molecule has 1 amide bonds. The first-order valence-electron chi connectivity index (χ1n) is 6.70. The number of amides is 1. The predicted molar refractivity (Wildman–Crippen MR) is 74.0 cm³/mol. The van der Waals surface area contributed by atoms with Crippen LogP contribution in [0.15, 0.2) is 18.2 Å². The summed E-state index contributed by atoms with van der Waals surface area (Å²) in [6.07, 6.45) is 0.728. The molecule has 5 heteroatoms. The normalized spacial score (nSPS) is 10.2. The van der Waals surface area contributed by atoms with Crippen molar-refractivity contribution in [2.24, 2.45) is 0 Å². The van der Waals surface area contributed by atoms with Gasteiger partial charge in [0.05, 0.1) is 6.61 Å². The van der Waals surface area contributed by atoms with Gasteiger partial charge in [-0.25, -0.2) is 4.39 Å². The fourth-order valence-corrected chi connectivity index (χ4v) is 1.85. The highest BCUT2D eigenvalue weighted by Gasteiger charge is 2.19. The molecule has 4 nitrogen and oxygen atoms in total. The van der Waals surface area contributed by atoms with E-state index in [1.165, 1.54) is 23.1 Å². The van der Waals surface area contributed by atoms with Crippen LogP contribution in [-0.4, -0.2) is 36.5 Å². The maximum Gasteiger partial charge on any atom is 0.325 e. The minimum atomic E-state index is -0.437. The van der Waals surface area contributed by atoms with E-state index in [1.807, 2.05) is 6.92 Å². The number of benzene rings is 1. The molecule has 0 N–H and O–H groups in total. The number of carbonyl (C=O) groups excluding carboxylic acids is 2. The number of carbonyl (C=O) groups is 2. The third kappa shape index (κ3) is 4.33. The summed E-state index contributed by atoms with van der Waals surface area (Å²) in [5.41, 5.74) is 0.782. The topological polar surface area (TPSA) is 46.6 Å². The summed E-state index contributed by atoms with van der Waals surface area (Å²) in [4.78, 5) is 25.3. The van der Waals surface area contributed by atoms with Gasteiger partial charge in [-0.2, -0.15) is 0 Å². The Labute approximate surface area is 118 Å². The van der Waals surface area contributed by atoms with Crippen LogP contribution >= 0.6 is 0 Å². The average molecular weight is 281 g/mol. The highest BCUT2D eigenvalue weighted by atomic mass is 19.1. The number of esters is 1. The Morgan fingerprint density at radius 1 is 1.30 bits per heavy atom. The third-order valence-corrected chi connectivity index (χ3v) is 2.81. The van der Waals surface area contributed by atoms with Crippen molar-refractivity contribution in [2.45, 2.75) is 27.2 Å². The zero-order valence-corrected chi connectivity index (χ0v) is 12.1. The Kier molecular flexibility index (Phi) is 6.15. The molecule has 1 aromatic rings. The van der Waals surface area contributed by atoms with Crippen LogP contribution in [-0.2, 0) is 9.53 Å². The molecule has 1 aromatic carbocycles. The number of nitrogens with zero attached hydrogens (tertiary/aromatic N) is 1. The van der Waals surface area contributed by atoms with Gasteiger partial charge in [-0.3, -0.25) is 9.59 Å². The van der Waals surface area contributed by atoms with Crippen molar-refractivity contribution >= 4 is 11.9 Å². The van der Waals surface area contributed by atoms with Crippen molar-refractivity contribution < 1.29 is 18.7 Å². The van der Waals surface area contributed by atoms with Crippen LogP contribution in [0.3, 0.4) is 0 Å². The number of hydrogen-bond donors (Lipinski definition) is 0. The highest BCUT2D eigenvalue weighted by molar-refractivity contribution is 5.96. The summed E-state index contributed by atoms with van der Waals surface area (Å²) in [5.74, 6) is -1.08. The van der Waals surface area contributed by atoms with E-state index in [0.717, 1.165) is 6.42 Å². The van der Waals surface area contributed by atoms with Crippen LogP contribution in [0.25, 0.3) is 0 Å². The lowest BCUT2D eigenvalue weighted by Crippen LogP contribution is -2.37. The Balaban J connectivity index is 2.87. The Bertz CT molecular complexity index is 488. The summed E-state index contributed by atoms with van der Waals surface area (Å²) >= 11 is 0. The van der Waals surface area contributed by atoms with Gasteiger partial charge in [-0.1, -0.05) is 6.92 Å². The summed E-state index contributed by atoms with van der Waals surface area (Å²) in [7, 11) is 0. The second kappa shape index (κ2) is 7.62. The lowest BCUT2D eigenvalue weighted by atomic mass is 10.1. The van der Waals surface area contributed by atoms with Crippen molar-refractivity contribution in [3.63, 3.8) is 0 Å². The molecular weight excluding hydrogens is 261 g/mol. The molecule has 110 valence electrons. The highest BCUT2D eigenvalue weighted by Crippen LogP contribution is 2.12. The molecule has 0 aliphatic carbocycles. The maximum absolute atomic E-state index is 13.2. The van der Waals surface area contributed by atoms with E-state index in [9.17, 15) is 14.0 Å². The molecule has 0 unspecified atom stereocenters. The van der Waals surface area contributed by atoms with E-state index < -0.39 is 5.97 Å². The van der Waals surface area contributed by atoms with E-state index in [4.69, 9.17) is 4.74 Å². The van der Waals surface area contributed by atoms with Crippen molar-refractivity contribution in [1.82, 2.24) is 4.90 Å². The molecule has 0 radical (unpaired) electrons. The number of aryl methyl sites for hydroxylation is 1. The number of halogens is 1. The van der Waals surface area contributed by atoms with E-state index in [-0.39, 0.29) is 24.9 Å². The SMILES string of the molecule is CCCN(CC(=O)OCC)C(=O)c1ccc(F)c(C)c1.